The molecule has 0 radical (unpaired) electrons. The number of nitrogens with one attached hydrogen (secondary N) is 2. The minimum atomic E-state index is -0.902. The van der Waals surface area contributed by atoms with Crippen molar-refractivity contribution in [1.29, 1.82) is 0 Å². The Labute approximate surface area is 111 Å². The van der Waals surface area contributed by atoms with E-state index in [-0.39, 0.29) is 11.8 Å². The Morgan fingerprint density at radius 2 is 2.16 bits per heavy atom. The Morgan fingerprint density at radius 1 is 1.42 bits per heavy atom. The standard InChI is InChI=1S/C13H19N3O3/c1-3-4-7-14-11(17)13(5-6-13)12(18)15-10-8-9(2)19-16-10/h8H,3-7H2,1-2H3,(H,14,17)(H,15,16,18). The summed E-state index contributed by atoms with van der Waals surface area (Å²) in [6.07, 6.45) is 3.12. The lowest BCUT2D eigenvalue weighted by Crippen LogP contribution is -2.40. The molecule has 1 fully saturated rings. The third kappa shape index (κ3) is 2.94. The summed E-state index contributed by atoms with van der Waals surface area (Å²) in [5.41, 5.74) is -0.902. The molecule has 1 aromatic heterocycles. The lowest BCUT2D eigenvalue weighted by molar-refractivity contribution is -0.134. The van der Waals surface area contributed by atoms with Crippen LogP contribution in [0.25, 0.3) is 0 Å². The third-order valence-electron chi connectivity index (χ3n) is 3.30. The lowest BCUT2D eigenvalue weighted by Gasteiger charge is -2.13. The van der Waals surface area contributed by atoms with Crippen LogP contribution in [0.5, 0.6) is 0 Å². The first-order valence-corrected chi connectivity index (χ1v) is 6.61. The molecule has 0 aromatic carbocycles. The van der Waals surface area contributed by atoms with Gasteiger partial charge in [-0.25, -0.2) is 0 Å². The van der Waals surface area contributed by atoms with Crippen LogP contribution in [0, 0.1) is 12.3 Å². The first kappa shape index (κ1) is 13.6. The second-order valence-electron chi connectivity index (χ2n) is 4.97. The van der Waals surface area contributed by atoms with Gasteiger partial charge in [0, 0.05) is 12.6 Å². The van der Waals surface area contributed by atoms with Gasteiger partial charge < -0.3 is 15.2 Å². The first-order valence-electron chi connectivity index (χ1n) is 6.61. The topological polar surface area (TPSA) is 84.2 Å². The smallest absolute Gasteiger partial charge is 0.241 e. The summed E-state index contributed by atoms with van der Waals surface area (Å²) < 4.78 is 4.87. The number of anilines is 1. The van der Waals surface area contributed by atoms with E-state index in [1.54, 1.807) is 13.0 Å². The van der Waals surface area contributed by atoms with Gasteiger partial charge in [0.1, 0.15) is 11.2 Å². The maximum Gasteiger partial charge on any atom is 0.241 e. The van der Waals surface area contributed by atoms with Crippen LogP contribution in [0.2, 0.25) is 0 Å². The molecule has 1 aliphatic carbocycles. The van der Waals surface area contributed by atoms with Crippen molar-refractivity contribution in [3.8, 4) is 0 Å². The number of hydrogen-bond donors (Lipinski definition) is 2. The summed E-state index contributed by atoms with van der Waals surface area (Å²) in [5.74, 6) is 0.496. The normalized spacial score (nSPS) is 15.9. The zero-order valence-electron chi connectivity index (χ0n) is 11.3. The van der Waals surface area contributed by atoms with Crippen molar-refractivity contribution >= 4 is 17.6 Å². The Kier molecular flexibility index (Phi) is 3.87. The molecule has 1 heterocycles. The van der Waals surface area contributed by atoms with Gasteiger partial charge in [-0.1, -0.05) is 18.5 Å². The van der Waals surface area contributed by atoms with Crippen molar-refractivity contribution in [2.45, 2.75) is 39.5 Å². The van der Waals surface area contributed by atoms with Gasteiger partial charge in [0.2, 0.25) is 11.8 Å². The minimum absolute atomic E-state index is 0.182. The molecule has 1 aromatic rings. The summed E-state index contributed by atoms with van der Waals surface area (Å²) >= 11 is 0. The Bertz CT molecular complexity index is 477. The molecule has 0 spiro atoms. The lowest BCUT2D eigenvalue weighted by atomic mass is 10.1. The molecule has 0 aliphatic heterocycles. The molecule has 1 saturated carbocycles. The van der Waals surface area contributed by atoms with Gasteiger partial charge in [0.15, 0.2) is 5.82 Å². The summed E-state index contributed by atoms with van der Waals surface area (Å²) in [4.78, 5) is 24.1. The van der Waals surface area contributed by atoms with E-state index in [0.29, 0.717) is 31.0 Å². The molecule has 0 saturated heterocycles. The summed E-state index contributed by atoms with van der Waals surface area (Å²) in [6.45, 7) is 4.42. The Balaban J connectivity index is 1.92. The predicted octanol–water partition coefficient (Wildman–Crippen LogP) is 1.62. The third-order valence-corrected chi connectivity index (χ3v) is 3.30. The SMILES string of the molecule is CCCCNC(=O)C1(C(=O)Nc2cc(C)on2)CC1. The van der Waals surface area contributed by atoms with E-state index in [0.717, 1.165) is 12.8 Å². The molecule has 104 valence electrons. The molecule has 0 unspecified atom stereocenters. The van der Waals surface area contributed by atoms with Crippen LogP contribution in [0.1, 0.15) is 38.4 Å². The van der Waals surface area contributed by atoms with E-state index in [2.05, 4.69) is 22.7 Å². The van der Waals surface area contributed by atoms with Gasteiger partial charge in [-0.05, 0) is 26.2 Å². The highest BCUT2D eigenvalue weighted by Crippen LogP contribution is 2.46. The van der Waals surface area contributed by atoms with Crippen molar-refractivity contribution in [2.24, 2.45) is 5.41 Å². The average molecular weight is 265 g/mol. The van der Waals surface area contributed by atoms with Crippen LogP contribution < -0.4 is 10.6 Å². The molecule has 2 N–H and O–H groups in total. The zero-order valence-corrected chi connectivity index (χ0v) is 11.3. The number of aryl methyl sites for hydroxylation is 1. The summed E-state index contributed by atoms with van der Waals surface area (Å²) in [5, 5.41) is 9.14. The molecular weight excluding hydrogens is 246 g/mol. The highest BCUT2D eigenvalue weighted by Gasteiger charge is 2.56. The summed E-state index contributed by atoms with van der Waals surface area (Å²) in [7, 11) is 0. The van der Waals surface area contributed by atoms with E-state index in [1.165, 1.54) is 0 Å². The quantitative estimate of drug-likeness (QED) is 0.604. The second kappa shape index (κ2) is 5.42. The predicted molar refractivity (Wildman–Crippen MR) is 69.5 cm³/mol. The zero-order chi connectivity index (χ0) is 13.9. The van der Waals surface area contributed by atoms with Crippen LogP contribution in [0.4, 0.5) is 5.82 Å². The number of amides is 2. The van der Waals surface area contributed by atoms with Crippen LogP contribution in [0.3, 0.4) is 0 Å². The molecule has 1 aliphatic rings. The molecule has 0 atom stereocenters. The number of rotatable bonds is 6. The van der Waals surface area contributed by atoms with Crippen molar-refractivity contribution in [3.05, 3.63) is 11.8 Å². The fourth-order valence-corrected chi connectivity index (χ4v) is 1.89. The first-order chi connectivity index (χ1) is 9.08. The Morgan fingerprint density at radius 3 is 2.68 bits per heavy atom. The number of hydrogen-bond acceptors (Lipinski definition) is 4. The highest BCUT2D eigenvalue weighted by molar-refractivity contribution is 6.12. The molecule has 6 heteroatoms. The number of carbonyl (C=O) groups is 2. The Hall–Kier alpha value is -1.85. The monoisotopic (exact) mass is 265 g/mol. The van der Waals surface area contributed by atoms with E-state index in [9.17, 15) is 9.59 Å². The van der Waals surface area contributed by atoms with Gasteiger partial charge in [-0.15, -0.1) is 0 Å². The van der Waals surface area contributed by atoms with Gasteiger partial charge in [0.25, 0.3) is 0 Å². The van der Waals surface area contributed by atoms with Gasteiger partial charge in [-0.2, -0.15) is 0 Å². The van der Waals surface area contributed by atoms with Crippen molar-refractivity contribution < 1.29 is 14.1 Å². The molecule has 0 bridgehead atoms. The largest absolute Gasteiger partial charge is 0.360 e. The van der Waals surface area contributed by atoms with Crippen LogP contribution in [-0.2, 0) is 9.59 Å². The van der Waals surface area contributed by atoms with Gasteiger partial charge in [0.05, 0.1) is 0 Å². The number of unbranched alkanes of at least 4 members (excludes halogenated alkanes) is 1. The highest BCUT2D eigenvalue weighted by atomic mass is 16.5. The van der Waals surface area contributed by atoms with E-state index in [1.807, 2.05) is 0 Å². The molecular formula is C13H19N3O3. The van der Waals surface area contributed by atoms with E-state index < -0.39 is 5.41 Å². The van der Waals surface area contributed by atoms with Crippen molar-refractivity contribution in [2.75, 3.05) is 11.9 Å². The number of nitrogens with zero attached hydrogens (tertiary/aromatic N) is 1. The van der Waals surface area contributed by atoms with Gasteiger partial charge >= 0.3 is 0 Å². The maximum absolute atomic E-state index is 12.1. The second-order valence-corrected chi connectivity index (χ2v) is 4.97. The van der Waals surface area contributed by atoms with Gasteiger partial charge in [-0.3, -0.25) is 9.59 Å². The molecule has 19 heavy (non-hydrogen) atoms. The van der Waals surface area contributed by atoms with Crippen molar-refractivity contribution in [3.63, 3.8) is 0 Å². The van der Waals surface area contributed by atoms with Crippen LogP contribution in [-0.4, -0.2) is 23.5 Å². The number of carbonyl (C=O) groups excluding carboxylic acids is 2. The fourth-order valence-electron chi connectivity index (χ4n) is 1.89. The van der Waals surface area contributed by atoms with E-state index >= 15 is 0 Å². The average Bonchev–Trinajstić information content (AvgIpc) is 3.10. The maximum atomic E-state index is 12.1. The number of aromatic nitrogens is 1. The minimum Gasteiger partial charge on any atom is -0.360 e. The fraction of sp³-hybridized carbons (Fsp3) is 0.615. The van der Waals surface area contributed by atoms with E-state index in [4.69, 9.17) is 4.52 Å². The van der Waals surface area contributed by atoms with Crippen molar-refractivity contribution in [1.82, 2.24) is 10.5 Å². The van der Waals surface area contributed by atoms with Crippen LogP contribution >= 0.6 is 0 Å². The van der Waals surface area contributed by atoms with Crippen LogP contribution in [0.15, 0.2) is 10.6 Å². The molecule has 6 nitrogen and oxygen atoms in total. The summed E-state index contributed by atoms with van der Waals surface area (Å²) in [6, 6.07) is 1.63. The molecule has 2 rings (SSSR count). The molecule has 2 amide bonds.